The predicted octanol–water partition coefficient (Wildman–Crippen LogP) is 3.99. The molecule has 1 N–H and O–H groups in total. The number of carbonyl (C=O) groups excluding carboxylic acids is 1. The summed E-state index contributed by atoms with van der Waals surface area (Å²) in [6.07, 6.45) is -2.03. The normalized spacial score (nSPS) is 13.4. The first-order valence-electron chi connectivity index (χ1n) is 11.8. The van der Waals surface area contributed by atoms with Crippen molar-refractivity contribution in [1.82, 2.24) is 14.9 Å². The van der Waals surface area contributed by atoms with Crippen LogP contribution >= 0.6 is 0 Å². The minimum absolute atomic E-state index is 0.177. The van der Waals surface area contributed by atoms with Crippen molar-refractivity contribution in [2.45, 2.75) is 34.1 Å². The molecule has 37 heavy (non-hydrogen) atoms. The largest absolute Gasteiger partial charge is 0.573 e. The fourth-order valence-electron chi connectivity index (χ4n) is 3.66. The van der Waals surface area contributed by atoms with Gasteiger partial charge in [0.25, 0.3) is 0 Å². The number of ether oxygens (including phenoxy) is 1. The molecule has 1 saturated heterocycles. The maximum Gasteiger partial charge on any atom is 0.573 e. The van der Waals surface area contributed by atoms with Crippen molar-refractivity contribution >= 4 is 17.7 Å². The smallest absolute Gasteiger partial charge is 0.406 e. The Morgan fingerprint density at radius 2 is 1.78 bits per heavy atom. The molecular weight excluding hydrogens is 487 g/mol. The molecule has 1 aromatic carbocycles. The Balaban J connectivity index is 0.00000235. The second-order valence-electron chi connectivity index (χ2n) is 7.71. The fraction of sp³-hybridized carbons (Fsp3) is 0.423. The third-order valence-corrected chi connectivity index (χ3v) is 5.31. The molecule has 8 nitrogen and oxygen atoms in total. The molecule has 0 bridgehead atoms. The highest BCUT2D eigenvalue weighted by molar-refractivity contribution is 5.87. The van der Waals surface area contributed by atoms with E-state index in [0.29, 0.717) is 54.8 Å². The molecule has 2 aromatic rings. The molecule has 0 saturated carbocycles. The van der Waals surface area contributed by atoms with Crippen LogP contribution in [0.4, 0.5) is 24.9 Å². The van der Waals surface area contributed by atoms with Crippen LogP contribution < -0.4 is 14.5 Å². The van der Waals surface area contributed by atoms with Gasteiger partial charge in [0.05, 0.1) is 12.3 Å². The average molecular weight is 520 g/mol. The summed E-state index contributed by atoms with van der Waals surface area (Å²) in [6, 6.07) is 8.44. The number of piperazine rings is 1. The molecule has 1 amide bonds. The fourth-order valence-corrected chi connectivity index (χ4v) is 3.66. The van der Waals surface area contributed by atoms with Crippen molar-refractivity contribution in [1.29, 1.82) is 0 Å². The molecule has 1 aliphatic heterocycles. The number of aliphatic hydroxyl groups excluding tert-OH is 1. The van der Waals surface area contributed by atoms with Crippen LogP contribution in [0.15, 0.2) is 36.4 Å². The van der Waals surface area contributed by atoms with Gasteiger partial charge in [-0.05, 0) is 38.1 Å². The Bertz CT molecular complexity index is 1130. The Labute approximate surface area is 215 Å². The number of aliphatic hydroxyl groups is 1. The van der Waals surface area contributed by atoms with E-state index in [2.05, 4.69) is 16.7 Å². The maximum absolute atomic E-state index is 12.5. The molecule has 0 unspecified atom stereocenters. The van der Waals surface area contributed by atoms with Gasteiger partial charge in [0.2, 0.25) is 11.9 Å². The van der Waals surface area contributed by atoms with Gasteiger partial charge in [0, 0.05) is 56.5 Å². The van der Waals surface area contributed by atoms with E-state index in [-0.39, 0.29) is 18.3 Å². The lowest BCUT2D eigenvalue weighted by atomic mass is 10.1. The zero-order valence-electron chi connectivity index (χ0n) is 21.6. The highest BCUT2D eigenvalue weighted by Crippen LogP contribution is 2.32. The van der Waals surface area contributed by atoms with Gasteiger partial charge in [-0.15, -0.1) is 13.2 Å². The third-order valence-electron chi connectivity index (χ3n) is 5.31. The summed E-state index contributed by atoms with van der Waals surface area (Å²) in [5.74, 6) is 3.33. The van der Waals surface area contributed by atoms with Crippen LogP contribution in [0, 0.1) is 18.9 Å². The molecule has 3 rings (SSSR count). The Morgan fingerprint density at radius 3 is 2.32 bits per heavy atom. The van der Waals surface area contributed by atoms with E-state index in [1.165, 1.54) is 36.4 Å². The highest BCUT2D eigenvalue weighted by Gasteiger charge is 2.31. The number of amides is 1. The Hall–Kier alpha value is -3.78. The van der Waals surface area contributed by atoms with E-state index in [0.717, 1.165) is 0 Å². The molecule has 1 fully saturated rings. The summed E-state index contributed by atoms with van der Waals surface area (Å²) in [4.78, 5) is 26.9. The first kappa shape index (κ1) is 29.5. The summed E-state index contributed by atoms with van der Waals surface area (Å²) < 4.78 is 41.6. The predicted molar refractivity (Wildman–Crippen MR) is 137 cm³/mol. The first-order valence-corrected chi connectivity index (χ1v) is 11.8. The summed E-state index contributed by atoms with van der Waals surface area (Å²) >= 11 is 0. The van der Waals surface area contributed by atoms with Crippen LogP contribution in [-0.2, 0) is 4.79 Å². The third kappa shape index (κ3) is 8.11. The number of nitrogens with zero attached hydrogens (tertiary/aromatic N) is 5. The molecule has 1 aliphatic rings. The van der Waals surface area contributed by atoms with E-state index in [9.17, 15) is 18.0 Å². The van der Waals surface area contributed by atoms with Crippen molar-refractivity contribution in [2.75, 3.05) is 49.6 Å². The van der Waals surface area contributed by atoms with Crippen molar-refractivity contribution in [2.24, 2.45) is 0 Å². The number of aromatic nitrogens is 2. The van der Waals surface area contributed by atoms with Crippen molar-refractivity contribution in [3.05, 3.63) is 42.0 Å². The maximum atomic E-state index is 12.5. The Morgan fingerprint density at radius 1 is 1.16 bits per heavy atom. The lowest BCUT2D eigenvalue weighted by Gasteiger charge is -2.34. The molecule has 0 radical (unpaired) electrons. The molecule has 11 heteroatoms. The first-order chi connectivity index (χ1) is 17.6. The van der Waals surface area contributed by atoms with Crippen LogP contribution in [0.3, 0.4) is 0 Å². The van der Waals surface area contributed by atoms with E-state index in [4.69, 9.17) is 15.1 Å². The summed E-state index contributed by atoms with van der Waals surface area (Å²) in [5.41, 5.74) is 1.87. The number of carbonyl (C=O) groups is 1. The van der Waals surface area contributed by atoms with Gasteiger partial charge in [-0.3, -0.25) is 9.69 Å². The Kier molecular flexibility index (Phi) is 10.8. The van der Waals surface area contributed by atoms with Crippen molar-refractivity contribution in [3.8, 4) is 29.0 Å². The molecule has 1 aromatic heterocycles. The number of halogens is 3. The van der Waals surface area contributed by atoms with Gasteiger partial charge in [-0.25, -0.2) is 4.98 Å². The minimum atomic E-state index is -4.77. The van der Waals surface area contributed by atoms with Crippen LogP contribution in [-0.4, -0.2) is 72.1 Å². The number of alkyl halides is 3. The van der Waals surface area contributed by atoms with Gasteiger partial charge >= 0.3 is 6.36 Å². The quantitative estimate of drug-likeness (QED) is 0.351. The number of hydrogen-bond donors (Lipinski definition) is 1. The lowest BCUT2D eigenvalue weighted by molar-refractivity contribution is -0.274. The summed E-state index contributed by atoms with van der Waals surface area (Å²) in [6.45, 7) is 9.20. The molecular formula is C26H32F3N5O3. The van der Waals surface area contributed by atoms with Gasteiger partial charge < -0.3 is 19.6 Å². The standard InChI is InChI=1S/C24H26F3N5O3.C2H6/c1-4-11-30(3)22-17(2)21(18-7-9-19(10-8-18)35-24(25,26)27)28-23(29-22)32-14-12-31(13-15-32)20(34)6-5-16-33;1-2/h5-10,33H,12-16H2,1-3H3;1-2H3/b6-5+;. The van der Waals surface area contributed by atoms with Crippen molar-refractivity contribution in [3.63, 3.8) is 0 Å². The minimum Gasteiger partial charge on any atom is -0.406 e. The molecule has 0 aliphatic carbocycles. The van der Waals surface area contributed by atoms with Crippen LogP contribution in [0.25, 0.3) is 11.3 Å². The van der Waals surface area contributed by atoms with Gasteiger partial charge in [-0.1, -0.05) is 25.8 Å². The topological polar surface area (TPSA) is 82.0 Å². The molecule has 200 valence electrons. The number of benzene rings is 1. The SMILES string of the molecule is CC.CC#CN(C)c1nc(N2CCN(C(=O)/C=C/CO)CC2)nc(-c2ccc(OC(F)(F)F)cc2)c1C. The highest BCUT2D eigenvalue weighted by atomic mass is 19.4. The average Bonchev–Trinajstić information content (AvgIpc) is 2.88. The van der Waals surface area contributed by atoms with E-state index in [1.54, 1.807) is 23.8 Å². The van der Waals surface area contributed by atoms with Crippen LogP contribution in [0.5, 0.6) is 5.75 Å². The van der Waals surface area contributed by atoms with Gasteiger partial charge in [0.1, 0.15) is 11.6 Å². The molecule has 0 spiro atoms. The summed E-state index contributed by atoms with van der Waals surface area (Å²) in [7, 11) is 1.77. The number of hydrogen-bond acceptors (Lipinski definition) is 7. The zero-order valence-corrected chi connectivity index (χ0v) is 21.6. The van der Waals surface area contributed by atoms with E-state index >= 15 is 0 Å². The molecule has 0 atom stereocenters. The second-order valence-corrected chi connectivity index (χ2v) is 7.71. The van der Waals surface area contributed by atoms with Crippen molar-refractivity contribution < 1.29 is 27.8 Å². The lowest BCUT2D eigenvalue weighted by Crippen LogP contribution is -2.49. The summed E-state index contributed by atoms with van der Waals surface area (Å²) in [5, 5.41) is 8.87. The monoisotopic (exact) mass is 519 g/mol. The number of rotatable bonds is 6. The van der Waals surface area contributed by atoms with Crippen LogP contribution in [0.2, 0.25) is 0 Å². The van der Waals surface area contributed by atoms with Gasteiger partial charge in [0.15, 0.2) is 0 Å². The van der Waals surface area contributed by atoms with E-state index in [1.807, 2.05) is 25.7 Å². The zero-order chi connectivity index (χ0) is 27.6. The van der Waals surface area contributed by atoms with E-state index < -0.39 is 6.36 Å². The number of anilines is 2. The van der Waals surface area contributed by atoms with Gasteiger partial charge in [-0.2, -0.15) is 4.98 Å². The molecule has 2 heterocycles. The second kappa shape index (κ2) is 13.5. The van der Waals surface area contributed by atoms with Crippen LogP contribution in [0.1, 0.15) is 26.3 Å².